The first kappa shape index (κ1) is 13.3. The van der Waals surface area contributed by atoms with Gasteiger partial charge in [0.1, 0.15) is 0 Å². The number of nitrogens with zero attached hydrogens (tertiary/aromatic N) is 1. The summed E-state index contributed by atoms with van der Waals surface area (Å²) < 4.78 is 13.2. The zero-order valence-corrected chi connectivity index (χ0v) is 10.6. The minimum absolute atomic E-state index is 0.279. The molecule has 1 aromatic rings. The van der Waals surface area contributed by atoms with E-state index < -0.39 is 5.82 Å². The Bertz CT molecular complexity index is 395. The Morgan fingerprint density at radius 1 is 1.44 bits per heavy atom. The summed E-state index contributed by atoms with van der Waals surface area (Å²) in [6.45, 7) is 3.59. The highest BCUT2D eigenvalue weighted by molar-refractivity contribution is 5.27. The molecule has 0 spiro atoms. The average Bonchev–Trinajstić information content (AvgIpc) is 2.35. The second-order valence-corrected chi connectivity index (χ2v) is 5.11. The van der Waals surface area contributed by atoms with E-state index in [4.69, 9.17) is 10.8 Å². The highest BCUT2D eigenvalue weighted by Crippen LogP contribution is 2.22. The smallest absolute Gasteiger partial charge is 0.165 e. The number of halogens is 1. The molecule has 0 aromatic heterocycles. The Morgan fingerprint density at radius 3 is 3.00 bits per heavy atom. The van der Waals surface area contributed by atoms with E-state index in [1.807, 2.05) is 0 Å². The van der Waals surface area contributed by atoms with Crippen LogP contribution in [-0.2, 0) is 6.54 Å². The van der Waals surface area contributed by atoms with Crippen molar-refractivity contribution in [3.63, 3.8) is 0 Å². The van der Waals surface area contributed by atoms with Crippen molar-refractivity contribution in [2.24, 2.45) is 11.7 Å². The molecule has 100 valence electrons. The van der Waals surface area contributed by atoms with Crippen molar-refractivity contribution in [1.29, 1.82) is 0 Å². The van der Waals surface area contributed by atoms with E-state index in [0.29, 0.717) is 5.92 Å². The Kier molecular flexibility index (Phi) is 4.55. The molecule has 0 bridgehead atoms. The van der Waals surface area contributed by atoms with Crippen LogP contribution >= 0.6 is 0 Å². The molecule has 1 fully saturated rings. The maximum absolute atomic E-state index is 13.2. The van der Waals surface area contributed by atoms with Crippen molar-refractivity contribution in [2.75, 3.05) is 19.6 Å². The monoisotopic (exact) mass is 252 g/mol. The SMILES string of the molecule is NCCC1CCCN(Cc2ccc(O)c(F)c2)C1. The van der Waals surface area contributed by atoms with Crippen LogP contribution in [0.2, 0.25) is 0 Å². The lowest BCUT2D eigenvalue weighted by atomic mass is 9.94. The first-order valence-electron chi connectivity index (χ1n) is 6.59. The van der Waals surface area contributed by atoms with Crippen molar-refractivity contribution < 1.29 is 9.50 Å². The molecule has 3 N–H and O–H groups in total. The van der Waals surface area contributed by atoms with Gasteiger partial charge in [-0.15, -0.1) is 0 Å². The Balaban J connectivity index is 1.93. The van der Waals surface area contributed by atoms with Gasteiger partial charge in [-0.25, -0.2) is 4.39 Å². The van der Waals surface area contributed by atoms with Gasteiger partial charge in [-0.2, -0.15) is 0 Å². The lowest BCUT2D eigenvalue weighted by Gasteiger charge is -2.32. The molecule has 1 heterocycles. The van der Waals surface area contributed by atoms with Gasteiger partial charge >= 0.3 is 0 Å². The molecule has 3 nitrogen and oxygen atoms in total. The minimum atomic E-state index is -0.539. The molecule has 1 aliphatic heterocycles. The quantitative estimate of drug-likeness (QED) is 0.862. The Morgan fingerprint density at radius 2 is 2.28 bits per heavy atom. The number of phenolic OH excluding ortho intramolecular Hbond substituents is 1. The summed E-state index contributed by atoms with van der Waals surface area (Å²) in [5.74, 6) is -0.146. The molecule has 1 atom stereocenters. The van der Waals surface area contributed by atoms with Crippen LogP contribution < -0.4 is 5.73 Å². The van der Waals surface area contributed by atoms with Gasteiger partial charge in [-0.3, -0.25) is 4.90 Å². The Hall–Kier alpha value is -1.13. The third-order valence-corrected chi connectivity index (χ3v) is 3.60. The second kappa shape index (κ2) is 6.16. The van der Waals surface area contributed by atoms with Crippen LogP contribution in [0, 0.1) is 11.7 Å². The Labute approximate surface area is 107 Å². The molecular formula is C14H21FN2O. The van der Waals surface area contributed by atoms with Crippen molar-refractivity contribution in [3.8, 4) is 5.75 Å². The van der Waals surface area contributed by atoms with Gasteiger partial charge in [0.15, 0.2) is 11.6 Å². The first-order valence-corrected chi connectivity index (χ1v) is 6.59. The predicted octanol–water partition coefficient (Wildman–Crippen LogP) is 2.09. The van der Waals surface area contributed by atoms with E-state index in [1.165, 1.54) is 25.0 Å². The number of hydrogen-bond donors (Lipinski definition) is 2. The number of aromatic hydroxyl groups is 1. The minimum Gasteiger partial charge on any atom is -0.505 e. The van der Waals surface area contributed by atoms with Crippen molar-refractivity contribution >= 4 is 0 Å². The molecule has 1 saturated heterocycles. The molecule has 1 unspecified atom stereocenters. The van der Waals surface area contributed by atoms with E-state index in [1.54, 1.807) is 6.07 Å². The topological polar surface area (TPSA) is 49.5 Å². The molecule has 0 amide bonds. The number of nitrogens with two attached hydrogens (primary N) is 1. The van der Waals surface area contributed by atoms with E-state index in [2.05, 4.69) is 4.90 Å². The number of piperidine rings is 1. The van der Waals surface area contributed by atoms with Crippen LogP contribution in [0.1, 0.15) is 24.8 Å². The number of hydrogen-bond acceptors (Lipinski definition) is 3. The van der Waals surface area contributed by atoms with Gasteiger partial charge < -0.3 is 10.8 Å². The standard InChI is InChI=1S/C14H21FN2O/c15-13-8-12(3-4-14(13)18)10-17-7-1-2-11(9-17)5-6-16/h3-4,8,11,18H,1-2,5-7,9-10,16H2. The van der Waals surface area contributed by atoms with Gasteiger partial charge in [0.25, 0.3) is 0 Å². The van der Waals surface area contributed by atoms with E-state index >= 15 is 0 Å². The summed E-state index contributed by atoms with van der Waals surface area (Å²) >= 11 is 0. The zero-order valence-electron chi connectivity index (χ0n) is 10.6. The predicted molar refractivity (Wildman–Crippen MR) is 69.7 cm³/mol. The third-order valence-electron chi connectivity index (χ3n) is 3.60. The summed E-state index contributed by atoms with van der Waals surface area (Å²) in [5, 5.41) is 9.16. The maximum Gasteiger partial charge on any atom is 0.165 e. The molecule has 1 aliphatic rings. The van der Waals surface area contributed by atoms with E-state index in [-0.39, 0.29) is 5.75 Å². The summed E-state index contributed by atoms with van der Waals surface area (Å²) in [6, 6.07) is 4.62. The van der Waals surface area contributed by atoms with Crippen LogP contribution in [0.5, 0.6) is 5.75 Å². The fraction of sp³-hybridized carbons (Fsp3) is 0.571. The second-order valence-electron chi connectivity index (χ2n) is 5.11. The summed E-state index contributed by atoms with van der Waals surface area (Å²) in [5.41, 5.74) is 6.51. The van der Waals surface area contributed by atoms with Gasteiger partial charge in [0, 0.05) is 13.1 Å². The largest absolute Gasteiger partial charge is 0.505 e. The van der Waals surface area contributed by atoms with E-state index in [9.17, 15) is 4.39 Å². The summed E-state index contributed by atoms with van der Waals surface area (Å²) in [6.07, 6.45) is 3.50. The highest BCUT2D eigenvalue weighted by Gasteiger charge is 2.19. The van der Waals surface area contributed by atoms with E-state index in [0.717, 1.165) is 38.2 Å². The average molecular weight is 252 g/mol. The molecule has 18 heavy (non-hydrogen) atoms. The summed E-state index contributed by atoms with van der Waals surface area (Å²) in [7, 11) is 0. The number of likely N-dealkylation sites (tertiary alicyclic amines) is 1. The fourth-order valence-electron chi connectivity index (χ4n) is 2.67. The molecule has 1 aromatic carbocycles. The maximum atomic E-state index is 13.2. The molecule has 4 heteroatoms. The van der Waals surface area contributed by atoms with Crippen LogP contribution in [0.25, 0.3) is 0 Å². The number of rotatable bonds is 4. The summed E-state index contributed by atoms with van der Waals surface area (Å²) in [4.78, 5) is 2.34. The molecule has 0 aliphatic carbocycles. The van der Waals surface area contributed by atoms with Crippen molar-refractivity contribution in [3.05, 3.63) is 29.6 Å². The number of phenols is 1. The number of benzene rings is 1. The molecule has 0 saturated carbocycles. The first-order chi connectivity index (χ1) is 8.69. The highest BCUT2D eigenvalue weighted by atomic mass is 19.1. The van der Waals surface area contributed by atoms with Gasteiger partial charge in [0.2, 0.25) is 0 Å². The lowest BCUT2D eigenvalue weighted by Crippen LogP contribution is -2.35. The van der Waals surface area contributed by atoms with Gasteiger partial charge in [-0.05, 0) is 56.0 Å². The van der Waals surface area contributed by atoms with Crippen LogP contribution in [0.15, 0.2) is 18.2 Å². The lowest BCUT2D eigenvalue weighted by molar-refractivity contribution is 0.163. The van der Waals surface area contributed by atoms with Crippen LogP contribution in [0.4, 0.5) is 4.39 Å². The van der Waals surface area contributed by atoms with Crippen LogP contribution in [0.3, 0.4) is 0 Å². The fourth-order valence-corrected chi connectivity index (χ4v) is 2.67. The van der Waals surface area contributed by atoms with Gasteiger partial charge in [-0.1, -0.05) is 6.07 Å². The third kappa shape index (κ3) is 3.43. The van der Waals surface area contributed by atoms with Crippen LogP contribution in [-0.4, -0.2) is 29.6 Å². The molecular weight excluding hydrogens is 231 g/mol. The normalized spacial score (nSPS) is 21.1. The molecule has 2 rings (SSSR count). The van der Waals surface area contributed by atoms with Crippen molar-refractivity contribution in [1.82, 2.24) is 4.90 Å². The van der Waals surface area contributed by atoms with Crippen molar-refractivity contribution in [2.45, 2.75) is 25.8 Å². The molecule has 0 radical (unpaired) electrons. The van der Waals surface area contributed by atoms with Gasteiger partial charge in [0.05, 0.1) is 0 Å². The zero-order chi connectivity index (χ0) is 13.0.